The number of nitrogens with zero attached hydrogens (tertiary/aromatic N) is 1. The van der Waals surface area contributed by atoms with Crippen LogP contribution in [0.5, 0.6) is 0 Å². The van der Waals surface area contributed by atoms with Gasteiger partial charge in [-0.15, -0.1) is 0 Å². The Morgan fingerprint density at radius 1 is 1.10 bits per heavy atom. The molecule has 0 radical (unpaired) electrons. The minimum Gasteiger partial charge on any atom is -0.308 e. The second kappa shape index (κ2) is 4.59. The Morgan fingerprint density at radius 2 is 1.90 bits per heavy atom. The van der Waals surface area contributed by atoms with E-state index in [0.29, 0.717) is 13.0 Å². The summed E-state index contributed by atoms with van der Waals surface area (Å²) in [5.41, 5.74) is 6.03. The van der Waals surface area contributed by atoms with Crippen molar-refractivity contribution in [3.63, 3.8) is 0 Å². The largest absolute Gasteiger partial charge is 0.308 e. The maximum absolute atomic E-state index is 12.5. The molecule has 2 nitrogen and oxygen atoms in total. The SMILES string of the molecule is Cc1ccc(C2CC(=O)N3CC=Cc4cccc2c43)cc1. The highest BCUT2D eigenvalue weighted by Gasteiger charge is 2.33. The number of hydrogen-bond acceptors (Lipinski definition) is 1. The second-order valence-electron chi connectivity index (χ2n) is 5.86. The first-order chi connectivity index (χ1) is 10.2. The Balaban J connectivity index is 1.89. The van der Waals surface area contributed by atoms with Crippen LogP contribution >= 0.6 is 0 Å². The van der Waals surface area contributed by atoms with E-state index in [1.165, 1.54) is 16.7 Å². The van der Waals surface area contributed by atoms with Crippen LogP contribution in [-0.2, 0) is 4.79 Å². The highest BCUT2D eigenvalue weighted by Crippen LogP contribution is 2.43. The average Bonchev–Trinajstić information content (AvgIpc) is 2.52. The van der Waals surface area contributed by atoms with Crippen molar-refractivity contribution in [2.75, 3.05) is 11.4 Å². The zero-order valence-corrected chi connectivity index (χ0v) is 12.0. The van der Waals surface area contributed by atoms with Crippen LogP contribution in [-0.4, -0.2) is 12.5 Å². The molecule has 2 heterocycles. The van der Waals surface area contributed by atoms with Crippen molar-refractivity contribution in [1.82, 2.24) is 0 Å². The van der Waals surface area contributed by atoms with Crippen molar-refractivity contribution in [2.24, 2.45) is 0 Å². The van der Waals surface area contributed by atoms with Crippen LogP contribution in [0.25, 0.3) is 6.08 Å². The summed E-state index contributed by atoms with van der Waals surface area (Å²) in [7, 11) is 0. The van der Waals surface area contributed by atoms with Crippen LogP contribution in [0.2, 0.25) is 0 Å². The molecule has 2 aliphatic rings. The Kier molecular flexibility index (Phi) is 2.71. The second-order valence-corrected chi connectivity index (χ2v) is 5.86. The van der Waals surface area contributed by atoms with Crippen molar-refractivity contribution in [2.45, 2.75) is 19.3 Å². The molecule has 4 rings (SSSR count). The summed E-state index contributed by atoms with van der Waals surface area (Å²) in [5.74, 6) is 0.403. The minimum atomic E-state index is 0.177. The lowest BCUT2D eigenvalue weighted by Crippen LogP contribution is -2.38. The molecule has 0 spiro atoms. The Bertz CT molecular complexity index is 743. The molecule has 1 unspecified atom stereocenters. The topological polar surface area (TPSA) is 20.3 Å². The molecule has 0 saturated carbocycles. The van der Waals surface area contributed by atoms with E-state index in [-0.39, 0.29) is 11.8 Å². The fourth-order valence-corrected chi connectivity index (χ4v) is 3.40. The number of anilines is 1. The number of amides is 1. The van der Waals surface area contributed by atoms with Gasteiger partial charge in [-0.1, -0.05) is 60.2 Å². The summed E-state index contributed by atoms with van der Waals surface area (Å²) in [6, 6.07) is 14.9. The molecule has 0 saturated heterocycles. The molecule has 1 amide bonds. The summed E-state index contributed by atoms with van der Waals surface area (Å²) in [5, 5.41) is 0. The third-order valence-corrected chi connectivity index (χ3v) is 4.49. The predicted octanol–water partition coefficient (Wildman–Crippen LogP) is 3.89. The van der Waals surface area contributed by atoms with Crippen molar-refractivity contribution in [1.29, 1.82) is 0 Å². The normalized spacial score (nSPS) is 19.6. The molecular formula is C19H17NO. The van der Waals surface area contributed by atoms with Gasteiger partial charge >= 0.3 is 0 Å². The highest BCUT2D eigenvalue weighted by molar-refractivity contribution is 6.01. The quantitative estimate of drug-likeness (QED) is 0.773. The van der Waals surface area contributed by atoms with Crippen LogP contribution in [0.1, 0.15) is 34.6 Å². The first-order valence-electron chi connectivity index (χ1n) is 7.40. The molecule has 104 valence electrons. The number of carbonyl (C=O) groups is 1. The summed E-state index contributed by atoms with van der Waals surface area (Å²) < 4.78 is 0. The van der Waals surface area contributed by atoms with Gasteiger partial charge in [0, 0.05) is 18.9 Å². The van der Waals surface area contributed by atoms with E-state index < -0.39 is 0 Å². The molecule has 1 atom stereocenters. The number of hydrogen-bond donors (Lipinski definition) is 0. The van der Waals surface area contributed by atoms with Gasteiger partial charge in [0.05, 0.1) is 5.69 Å². The van der Waals surface area contributed by atoms with Crippen molar-refractivity contribution < 1.29 is 4.79 Å². The number of aryl methyl sites for hydroxylation is 1. The van der Waals surface area contributed by atoms with Crippen molar-refractivity contribution in [3.05, 3.63) is 70.8 Å². The first kappa shape index (κ1) is 12.4. The lowest BCUT2D eigenvalue weighted by Gasteiger charge is -2.36. The number of carbonyl (C=O) groups excluding carboxylic acids is 1. The third kappa shape index (κ3) is 1.90. The molecule has 2 aromatic rings. The summed E-state index contributed by atoms with van der Waals surface area (Å²) in [4.78, 5) is 14.4. The monoisotopic (exact) mass is 275 g/mol. The highest BCUT2D eigenvalue weighted by atomic mass is 16.2. The van der Waals surface area contributed by atoms with Gasteiger partial charge in [0.25, 0.3) is 0 Å². The van der Waals surface area contributed by atoms with Crippen LogP contribution in [0.3, 0.4) is 0 Å². The van der Waals surface area contributed by atoms with E-state index in [9.17, 15) is 4.79 Å². The molecule has 2 aliphatic heterocycles. The van der Waals surface area contributed by atoms with Crippen LogP contribution in [0.15, 0.2) is 48.5 Å². The molecule has 0 aliphatic carbocycles. The van der Waals surface area contributed by atoms with Crippen molar-refractivity contribution >= 4 is 17.7 Å². The summed E-state index contributed by atoms with van der Waals surface area (Å²) >= 11 is 0. The fraction of sp³-hybridized carbons (Fsp3) is 0.211. The Morgan fingerprint density at radius 3 is 2.71 bits per heavy atom. The first-order valence-corrected chi connectivity index (χ1v) is 7.40. The van der Waals surface area contributed by atoms with Crippen LogP contribution in [0.4, 0.5) is 5.69 Å². The molecule has 2 aromatic carbocycles. The lowest BCUT2D eigenvalue weighted by atomic mass is 9.82. The number of benzene rings is 2. The fourth-order valence-electron chi connectivity index (χ4n) is 3.40. The van der Waals surface area contributed by atoms with Crippen LogP contribution < -0.4 is 4.90 Å². The van der Waals surface area contributed by atoms with Gasteiger partial charge in [0.15, 0.2) is 0 Å². The molecule has 2 heteroatoms. The molecular weight excluding hydrogens is 258 g/mol. The average molecular weight is 275 g/mol. The zero-order chi connectivity index (χ0) is 14.4. The van der Waals surface area contributed by atoms with Gasteiger partial charge in [0.2, 0.25) is 5.91 Å². The summed E-state index contributed by atoms with van der Waals surface area (Å²) in [6.45, 7) is 2.79. The Labute approximate surface area is 124 Å². The minimum absolute atomic E-state index is 0.177. The maximum atomic E-state index is 12.5. The van der Waals surface area contributed by atoms with Gasteiger partial charge in [0.1, 0.15) is 0 Å². The third-order valence-electron chi connectivity index (χ3n) is 4.49. The van der Waals surface area contributed by atoms with E-state index >= 15 is 0 Å². The number of rotatable bonds is 1. The van der Waals surface area contributed by atoms with Crippen molar-refractivity contribution in [3.8, 4) is 0 Å². The van der Waals surface area contributed by atoms with E-state index in [4.69, 9.17) is 0 Å². The summed E-state index contributed by atoms with van der Waals surface area (Å²) in [6.07, 6.45) is 4.75. The van der Waals surface area contributed by atoms with E-state index in [0.717, 1.165) is 11.3 Å². The molecule has 0 bridgehead atoms. The lowest BCUT2D eigenvalue weighted by molar-refractivity contribution is -0.119. The molecule has 21 heavy (non-hydrogen) atoms. The van der Waals surface area contributed by atoms with Gasteiger partial charge in [-0.3, -0.25) is 4.79 Å². The van der Waals surface area contributed by atoms with Gasteiger partial charge in [-0.05, 0) is 23.6 Å². The van der Waals surface area contributed by atoms with E-state index in [1.54, 1.807) is 0 Å². The van der Waals surface area contributed by atoms with E-state index in [2.05, 4.69) is 61.5 Å². The Hall–Kier alpha value is -2.35. The zero-order valence-electron chi connectivity index (χ0n) is 12.0. The van der Waals surface area contributed by atoms with Gasteiger partial charge in [-0.2, -0.15) is 0 Å². The van der Waals surface area contributed by atoms with Crippen LogP contribution in [0, 0.1) is 6.92 Å². The van der Waals surface area contributed by atoms with Gasteiger partial charge < -0.3 is 4.90 Å². The smallest absolute Gasteiger partial charge is 0.228 e. The maximum Gasteiger partial charge on any atom is 0.228 e. The van der Waals surface area contributed by atoms with E-state index in [1.807, 2.05) is 4.90 Å². The molecule has 0 fully saturated rings. The van der Waals surface area contributed by atoms with Gasteiger partial charge in [-0.25, -0.2) is 0 Å². The number of para-hydroxylation sites is 1. The standard InChI is InChI=1S/C19H17NO/c1-13-7-9-14(10-8-13)17-12-18(21)20-11-3-5-15-4-2-6-16(17)19(15)20/h2-10,17H,11-12H2,1H3. The predicted molar refractivity (Wildman–Crippen MR) is 85.5 cm³/mol. The molecule has 0 N–H and O–H groups in total. The molecule has 0 aromatic heterocycles.